The van der Waals surface area contributed by atoms with Gasteiger partial charge in [-0.05, 0) is 29.1 Å². The number of nitrogens with zero attached hydrogens (tertiary/aromatic N) is 3. The van der Waals surface area contributed by atoms with E-state index >= 15 is 0 Å². The van der Waals surface area contributed by atoms with Crippen LogP contribution in [0.15, 0.2) is 59.8 Å². The van der Waals surface area contributed by atoms with Gasteiger partial charge in [-0.1, -0.05) is 24.3 Å². The lowest BCUT2D eigenvalue weighted by atomic mass is 10.1. The van der Waals surface area contributed by atoms with Crippen LogP contribution in [0.25, 0.3) is 0 Å². The highest BCUT2D eigenvalue weighted by Gasteiger charge is 2.16. The van der Waals surface area contributed by atoms with E-state index in [0.29, 0.717) is 34.4 Å². The molecule has 0 aliphatic carbocycles. The van der Waals surface area contributed by atoms with Crippen molar-refractivity contribution in [1.29, 1.82) is 5.26 Å². The molecule has 2 amide bonds. The first-order chi connectivity index (χ1) is 14.1. The van der Waals surface area contributed by atoms with E-state index in [0.717, 1.165) is 5.56 Å². The lowest BCUT2D eigenvalue weighted by Gasteiger charge is -2.21. The predicted molar refractivity (Wildman–Crippen MR) is 115 cm³/mol. The van der Waals surface area contributed by atoms with Crippen LogP contribution < -0.4 is 5.32 Å². The van der Waals surface area contributed by atoms with E-state index in [9.17, 15) is 9.59 Å². The number of hydrogen-bond donors (Lipinski definition) is 1. The molecule has 3 aromatic rings. The van der Waals surface area contributed by atoms with Crippen molar-refractivity contribution in [3.63, 3.8) is 0 Å². The van der Waals surface area contributed by atoms with Crippen LogP contribution in [-0.2, 0) is 17.8 Å². The average Bonchev–Trinajstić information content (AvgIpc) is 3.40. The molecule has 0 atom stereocenters. The second kappa shape index (κ2) is 9.78. The van der Waals surface area contributed by atoms with Gasteiger partial charge >= 0.3 is 0 Å². The van der Waals surface area contributed by atoms with E-state index < -0.39 is 0 Å². The van der Waals surface area contributed by atoms with Crippen LogP contribution in [-0.4, -0.2) is 28.2 Å². The second-order valence-corrected chi connectivity index (χ2v) is 7.93. The first kappa shape index (κ1) is 20.5. The Morgan fingerprint density at radius 1 is 1.24 bits per heavy atom. The summed E-state index contributed by atoms with van der Waals surface area (Å²) in [6, 6.07) is 12.8. The molecule has 0 radical (unpaired) electrons. The first-order valence-corrected chi connectivity index (χ1v) is 10.5. The number of rotatable bonds is 8. The highest BCUT2D eigenvalue weighted by Crippen LogP contribution is 2.19. The fraction of sp³-hybridized carbons (Fsp3) is 0.143. The van der Waals surface area contributed by atoms with Crippen LogP contribution in [0.3, 0.4) is 0 Å². The number of thiazole rings is 1. The summed E-state index contributed by atoms with van der Waals surface area (Å²) in [4.78, 5) is 31.5. The van der Waals surface area contributed by atoms with Crippen molar-refractivity contribution in [2.24, 2.45) is 0 Å². The lowest BCUT2D eigenvalue weighted by molar-refractivity contribution is -0.130. The number of benzene rings is 1. The average molecular weight is 423 g/mol. The Hall–Kier alpha value is -3.28. The van der Waals surface area contributed by atoms with Crippen molar-refractivity contribution in [2.45, 2.75) is 13.0 Å². The smallest absolute Gasteiger partial charge is 0.267 e. The number of hydrogen-bond acceptors (Lipinski definition) is 6. The third-order valence-electron chi connectivity index (χ3n) is 4.01. The number of thiophene rings is 1. The molecular formula is C21H18N4O2S2. The minimum atomic E-state index is -0.207. The molecule has 0 aliphatic heterocycles. The van der Waals surface area contributed by atoms with Crippen LogP contribution in [0, 0.1) is 11.3 Å². The van der Waals surface area contributed by atoms with Crippen molar-refractivity contribution in [3.8, 4) is 6.07 Å². The van der Waals surface area contributed by atoms with Crippen LogP contribution >= 0.6 is 22.7 Å². The number of anilines is 1. The van der Waals surface area contributed by atoms with Gasteiger partial charge in [0.15, 0.2) is 5.13 Å². The summed E-state index contributed by atoms with van der Waals surface area (Å²) in [6.07, 6.45) is 1.81. The predicted octanol–water partition coefficient (Wildman–Crippen LogP) is 4.09. The Balaban J connectivity index is 1.62. The molecule has 6 nitrogen and oxygen atoms in total. The van der Waals surface area contributed by atoms with Crippen molar-refractivity contribution in [3.05, 3.63) is 81.5 Å². The summed E-state index contributed by atoms with van der Waals surface area (Å²) in [5.41, 5.74) is 2.12. The Labute approximate surface area is 176 Å². The minimum Gasteiger partial charge on any atom is -0.334 e. The molecule has 8 heteroatoms. The van der Waals surface area contributed by atoms with Crippen LogP contribution in [0.5, 0.6) is 0 Å². The topological polar surface area (TPSA) is 86.1 Å². The molecule has 0 fully saturated rings. The zero-order valence-corrected chi connectivity index (χ0v) is 17.1. The Morgan fingerprint density at radius 2 is 2.03 bits per heavy atom. The summed E-state index contributed by atoms with van der Waals surface area (Å²) in [5.74, 6) is -0.294. The molecule has 0 aliphatic rings. The molecule has 1 N–H and O–H groups in total. The van der Waals surface area contributed by atoms with Gasteiger partial charge < -0.3 is 4.90 Å². The summed E-state index contributed by atoms with van der Waals surface area (Å²) in [7, 11) is 0. The molecule has 2 aromatic heterocycles. The van der Waals surface area contributed by atoms with Gasteiger partial charge in [0.1, 0.15) is 0 Å². The van der Waals surface area contributed by atoms with Gasteiger partial charge in [-0.2, -0.15) is 5.26 Å². The maximum Gasteiger partial charge on any atom is 0.267 e. The fourth-order valence-corrected chi connectivity index (χ4v) is 3.92. The van der Waals surface area contributed by atoms with Gasteiger partial charge in [-0.15, -0.1) is 29.3 Å². The van der Waals surface area contributed by atoms with Crippen molar-refractivity contribution in [2.75, 3.05) is 11.9 Å². The molecule has 0 saturated carbocycles. The number of carbonyl (C=O) groups excluding carboxylic acids is 2. The van der Waals surface area contributed by atoms with E-state index in [1.165, 1.54) is 22.7 Å². The molecule has 146 valence electrons. The normalized spacial score (nSPS) is 10.2. The maximum absolute atomic E-state index is 12.8. The summed E-state index contributed by atoms with van der Waals surface area (Å²) >= 11 is 2.65. The number of aromatic nitrogens is 1. The summed E-state index contributed by atoms with van der Waals surface area (Å²) in [6.45, 7) is 4.55. The van der Waals surface area contributed by atoms with Gasteiger partial charge in [0, 0.05) is 18.5 Å². The third-order valence-corrected chi connectivity index (χ3v) is 5.68. The van der Waals surface area contributed by atoms with E-state index in [4.69, 9.17) is 5.26 Å². The highest BCUT2D eigenvalue weighted by atomic mass is 32.1. The zero-order valence-electron chi connectivity index (χ0n) is 15.5. The fourth-order valence-electron chi connectivity index (χ4n) is 2.59. The zero-order chi connectivity index (χ0) is 20.6. The minimum absolute atomic E-state index is 0.0873. The largest absolute Gasteiger partial charge is 0.334 e. The lowest BCUT2D eigenvalue weighted by Crippen LogP contribution is -2.32. The summed E-state index contributed by atoms with van der Waals surface area (Å²) in [5, 5.41) is 15.7. The molecule has 0 spiro atoms. The Morgan fingerprint density at radius 3 is 2.69 bits per heavy atom. The number of nitrogens with one attached hydrogen (secondary N) is 1. The summed E-state index contributed by atoms with van der Waals surface area (Å²) < 4.78 is 0. The van der Waals surface area contributed by atoms with E-state index in [1.54, 1.807) is 34.6 Å². The van der Waals surface area contributed by atoms with Crippen molar-refractivity contribution < 1.29 is 9.59 Å². The number of amides is 2. The Bertz CT molecular complexity index is 1030. The highest BCUT2D eigenvalue weighted by molar-refractivity contribution is 7.14. The molecule has 0 unspecified atom stereocenters. The van der Waals surface area contributed by atoms with Gasteiger partial charge in [0.05, 0.1) is 28.6 Å². The van der Waals surface area contributed by atoms with Gasteiger partial charge in [0.25, 0.3) is 5.91 Å². The third kappa shape index (κ3) is 5.60. The van der Waals surface area contributed by atoms with E-state index in [2.05, 4.69) is 22.9 Å². The maximum atomic E-state index is 12.8. The molecule has 3 rings (SSSR count). The molecular weight excluding hydrogens is 404 g/mol. The standard InChI is InChI=1S/C21H18N4O2S2/c1-2-9-25(13-16-7-5-15(12-22)6-8-16)19(26)11-17-14-29-21(23-17)24-20(27)18-4-3-10-28-18/h2-8,10,14H,1,9,11,13H2,(H,23,24,27). The van der Waals surface area contributed by atoms with Crippen molar-refractivity contribution >= 4 is 39.6 Å². The van der Waals surface area contributed by atoms with Crippen LogP contribution in [0.4, 0.5) is 5.13 Å². The first-order valence-electron chi connectivity index (χ1n) is 8.76. The molecule has 2 heterocycles. The Kier molecular flexibility index (Phi) is 6.89. The van der Waals surface area contributed by atoms with Crippen LogP contribution in [0.1, 0.15) is 26.5 Å². The van der Waals surface area contributed by atoms with E-state index in [-0.39, 0.29) is 18.2 Å². The SMILES string of the molecule is C=CCN(Cc1ccc(C#N)cc1)C(=O)Cc1csc(NC(=O)c2cccs2)n1. The second-order valence-electron chi connectivity index (χ2n) is 6.12. The molecule has 1 aromatic carbocycles. The van der Waals surface area contributed by atoms with Gasteiger partial charge in [0.2, 0.25) is 5.91 Å². The van der Waals surface area contributed by atoms with Gasteiger partial charge in [-0.25, -0.2) is 4.98 Å². The molecule has 0 saturated heterocycles. The number of nitriles is 1. The monoisotopic (exact) mass is 422 g/mol. The van der Waals surface area contributed by atoms with Crippen molar-refractivity contribution in [1.82, 2.24) is 9.88 Å². The number of carbonyl (C=O) groups is 2. The van der Waals surface area contributed by atoms with Crippen LogP contribution in [0.2, 0.25) is 0 Å². The van der Waals surface area contributed by atoms with E-state index in [1.807, 2.05) is 23.6 Å². The quantitative estimate of drug-likeness (QED) is 0.554. The van der Waals surface area contributed by atoms with Gasteiger partial charge in [-0.3, -0.25) is 14.9 Å². The molecule has 29 heavy (non-hydrogen) atoms. The molecule has 0 bridgehead atoms.